The number of imide groups is 1. The van der Waals surface area contributed by atoms with Gasteiger partial charge in [0.15, 0.2) is 5.82 Å². The van der Waals surface area contributed by atoms with Crippen LogP contribution in [0.1, 0.15) is 35.5 Å². The van der Waals surface area contributed by atoms with Crippen LogP contribution in [0.15, 0.2) is 78.9 Å². The number of amides is 2. The summed E-state index contributed by atoms with van der Waals surface area (Å²) in [7, 11) is 0. The Morgan fingerprint density at radius 2 is 1.66 bits per heavy atom. The van der Waals surface area contributed by atoms with Crippen LogP contribution >= 0.6 is 0 Å². The van der Waals surface area contributed by atoms with Crippen LogP contribution in [-0.2, 0) is 21.6 Å². The summed E-state index contributed by atoms with van der Waals surface area (Å²) in [5.74, 6) is -0.0852. The molecule has 1 saturated heterocycles. The number of carbonyl (C=O) groups is 2. The summed E-state index contributed by atoms with van der Waals surface area (Å²) < 4.78 is 5.90. The van der Waals surface area contributed by atoms with E-state index in [4.69, 9.17) is 4.74 Å². The summed E-state index contributed by atoms with van der Waals surface area (Å²) >= 11 is 0. The fraction of sp³-hybridized carbons (Fsp3) is 0.192. The Morgan fingerprint density at radius 3 is 2.38 bits per heavy atom. The molecule has 32 heavy (non-hydrogen) atoms. The van der Waals surface area contributed by atoms with Gasteiger partial charge in [0.1, 0.15) is 0 Å². The number of hydrogen-bond acceptors (Lipinski definition) is 4. The quantitative estimate of drug-likeness (QED) is 0.486. The maximum Gasteiger partial charge on any atom is 0.418 e. The maximum absolute atomic E-state index is 13.9. The normalized spacial score (nSPS) is 19.4. The Morgan fingerprint density at radius 1 is 0.969 bits per heavy atom. The molecule has 3 aromatic carbocycles. The van der Waals surface area contributed by atoms with Crippen molar-refractivity contribution in [3.63, 3.8) is 0 Å². The molecule has 1 aromatic heterocycles. The van der Waals surface area contributed by atoms with E-state index in [0.717, 1.165) is 22.2 Å². The van der Waals surface area contributed by atoms with Crippen molar-refractivity contribution < 1.29 is 14.3 Å². The van der Waals surface area contributed by atoms with E-state index in [1.165, 1.54) is 4.90 Å². The molecule has 0 unspecified atom stereocenters. The van der Waals surface area contributed by atoms with Gasteiger partial charge in [-0.15, -0.1) is 0 Å². The lowest BCUT2D eigenvalue weighted by Gasteiger charge is -2.25. The second-order valence-electron chi connectivity index (χ2n) is 8.22. The fourth-order valence-corrected chi connectivity index (χ4v) is 4.22. The molecule has 0 aliphatic carbocycles. The summed E-state index contributed by atoms with van der Waals surface area (Å²) in [6.45, 7) is 3.83. The van der Waals surface area contributed by atoms with Gasteiger partial charge in [0.25, 0.3) is 11.5 Å². The van der Waals surface area contributed by atoms with Crippen molar-refractivity contribution in [1.82, 2.24) is 14.9 Å². The van der Waals surface area contributed by atoms with Crippen molar-refractivity contribution in [2.24, 2.45) is 0 Å². The van der Waals surface area contributed by atoms with Crippen LogP contribution in [-0.4, -0.2) is 26.9 Å². The number of aromatic nitrogens is 2. The Bertz CT molecular complexity index is 1260. The number of para-hydroxylation sites is 2. The molecule has 1 aliphatic rings. The van der Waals surface area contributed by atoms with Crippen molar-refractivity contribution >= 4 is 23.0 Å². The number of rotatable bonds is 5. The molecular formula is C26H23N3O3. The van der Waals surface area contributed by atoms with Gasteiger partial charge in [0.2, 0.25) is 0 Å². The molecule has 1 aliphatic heterocycles. The number of cyclic esters (lactones) is 1. The van der Waals surface area contributed by atoms with Crippen molar-refractivity contribution in [2.45, 2.75) is 31.9 Å². The van der Waals surface area contributed by atoms with Crippen molar-refractivity contribution in [1.29, 1.82) is 0 Å². The zero-order valence-corrected chi connectivity index (χ0v) is 17.9. The third-order valence-electron chi connectivity index (χ3n) is 6.04. The monoisotopic (exact) mass is 425 g/mol. The summed E-state index contributed by atoms with van der Waals surface area (Å²) in [6.07, 6.45) is -0.477. The van der Waals surface area contributed by atoms with Gasteiger partial charge in [0, 0.05) is 6.42 Å². The molecule has 1 N–H and O–H groups in total. The number of nitrogens with zero attached hydrogens (tertiary/aromatic N) is 2. The lowest BCUT2D eigenvalue weighted by Crippen LogP contribution is -2.42. The first-order valence-electron chi connectivity index (χ1n) is 10.6. The fourth-order valence-electron chi connectivity index (χ4n) is 4.22. The van der Waals surface area contributed by atoms with Gasteiger partial charge in [-0.2, -0.15) is 0 Å². The molecule has 2 amide bonds. The minimum atomic E-state index is -1.56. The van der Waals surface area contributed by atoms with E-state index >= 15 is 0 Å². The highest BCUT2D eigenvalue weighted by atomic mass is 16.6. The van der Waals surface area contributed by atoms with Gasteiger partial charge in [-0.05, 0) is 37.1 Å². The second kappa shape index (κ2) is 7.64. The highest BCUT2D eigenvalue weighted by molar-refractivity contribution is 6.04. The predicted molar refractivity (Wildman–Crippen MR) is 121 cm³/mol. The summed E-state index contributed by atoms with van der Waals surface area (Å²) in [5, 5.41) is 0. The van der Waals surface area contributed by atoms with Crippen LogP contribution in [0.3, 0.4) is 0 Å². The number of aromatic amines is 1. The molecule has 0 radical (unpaired) electrons. The van der Waals surface area contributed by atoms with E-state index in [1.54, 1.807) is 0 Å². The number of imidazole rings is 1. The van der Waals surface area contributed by atoms with Gasteiger partial charge >= 0.3 is 6.09 Å². The lowest BCUT2D eigenvalue weighted by molar-refractivity contribution is -0.139. The average Bonchev–Trinajstić information content (AvgIpc) is 3.34. The van der Waals surface area contributed by atoms with E-state index in [0.29, 0.717) is 11.3 Å². The van der Waals surface area contributed by atoms with Gasteiger partial charge in [-0.1, -0.05) is 72.3 Å². The number of carbonyl (C=O) groups excluding carboxylic acids is 2. The van der Waals surface area contributed by atoms with Crippen LogP contribution in [0.25, 0.3) is 11.0 Å². The SMILES string of the molecule is Cc1ccc([C@@H](C)N2C(=O)O[C@](Cc3ccccc3)(c3nc4ccccc4[nH]3)C2=O)cc1. The van der Waals surface area contributed by atoms with Crippen LogP contribution in [0.4, 0.5) is 4.79 Å². The van der Waals surface area contributed by atoms with Gasteiger partial charge in [-0.3, -0.25) is 4.79 Å². The van der Waals surface area contributed by atoms with Gasteiger partial charge < -0.3 is 9.72 Å². The number of H-pyrrole nitrogens is 1. The lowest BCUT2D eigenvalue weighted by atomic mass is 9.92. The molecule has 2 atom stereocenters. The molecule has 160 valence electrons. The number of nitrogens with one attached hydrogen (secondary N) is 1. The van der Waals surface area contributed by atoms with Crippen LogP contribution in [0, 0.1) is 6.92 Å². The molecule has 5 rings (SSSR count). The first-order valence-corrected chi connectivity index (χ1v) is 10.6. The first kappa shape index (κ1) is 20.0. The van der Waals surface area contributed by atoms with E-state index in [2.05, 4.69) is 9.97 Å². The molecule has 6 nitrogen and oxygen atoms in total. The van der Waals surface area contributed by atoms with Crippen molar-refractivity contribution in [2.75, 3.05) is 0 Å². The number of hydrogen-bond donors (Lipinski definition) is 1. The number of ether oxygens (including phenoxy) is 1. The maximum atomic E-state index is 13.9. The molecule has 4 aromatic rings. The molecular weight excluding hydrogens is 402 g/mol. The Kier molecular flexibility index (Phi) is 4.78. The largest absolute Gasteiger partial charge is 0.424 e. The molecule has 0 saturated carbocycles. The number of aryl methyl sites for hydroxylation is 1. The molecule has 1 fully saturated rings. The molecule has 6 heteroatoms. The minimum absolute atomic E-state index is 0.190. The van der Waals surface area contributed by atoms with Gasteiger partial charge in [-0.25, -0.2) is 14.7 Å². The average molecular weight is 425 g/mol. The van der Waals surface area contributed by atoms with E-state index in [-0.39, 0.29) is 6.42 Å². The molecule has 0 spiro atoms. The van der Waals surface area contributed by atoms with Crippen LogP contribution in [0.2, 0.25) is 0 Å². The van der Waals surface area contributed by atoms with E-state index in [1.807, 2.05) is 92.7 Å². The first-order chi connectivity index (χ1) is 15.5. The minimum Gasteiger partial charge on any atom is -0.424 e. The summed E-state index contributed by atoms with van der Waals surface area (Å²) in [4.78, 5) is 36.1. The molecule has 2 heterocycles. The number of fused-ring (bicyclic) bond motifs is 1. The number of benzene rings is 3. The standard InChI is InChI=1S/C26H23N3O3/c1-17-12-14-20(15-13-17)18(2)29-24(30)26(32-25(29)31,16-19-8-4-3-5-9-19)23-27-21-10-6-7-11-22(21)28-23/h3-15,18H,16H2,1-2H3,(H,27,28)/t18-,26-/m1/s1. The van der Waals surface area contributed by atoms with Gasteiger partial charge in [0.05, 0.1) is 17.1 Å². The third-order valence-corrected chi connectivity index (χ3v) is 6.04. The highest BCUT2D eigenvalue weighted by Gasteiger charge is 2.58. The van der Waals surface area contributed by atoms with Crippen LogP contribution < -0.4 is 0 Å². The molecule has 0 bridgehead atoms. The Labute approximate surface area is 185 Å². The summed E-state index contributed by atoms with van der Waals surface area (Å²) in [6, 6.07) is 24.4. The van der Waals surface area contributed by atoms with Crippen LogP contribution in [0.5, 0.6) is 0 Å². The predicted octanol–water partition coefficient (Wildman–Crippen LogP) is 5.05. The van der Waals surface area contributed by atoms with Crippen molar-refractivity contribution in [3.05, 3.63) is 101 Å². The highest BCUT2D eigenvalue weighted by Crippen LogP contribution is 2.40. The summed E-state index contributed by atoms with van der Waals surface area (Å²) in [5.41, 5.74) is 2.78. The second-order valence-corrected chi connectivity index (χ2v) is 8.22. The van der Waals surface area contributed by atoms with Crippen molar-refractivity contribution in [3.8, 4) is 0 Å². The zero-order valence-electron chi connectivity index (χ0n) is 17.9. The zero-order chi connectivity index (χ0) is 22.3. The topological polar surface area (TPSA) is 75.3 Å². The van der Waals surface area contributed by atoms with E-state index < -0.39 is 23.6 Å². The third kappa shape index (κ3) is 3.24. The van der Waals surface area contributed by atoms with E-state index in [9.17, 15) is 9.59 Å². The smallest absolute Gasteiger partial charge is 0.418 e. The Hall–Kier alpha value is -3.93. The Balaban J connectivity index is 1.60.